The zero-order valence-corrected chi connectivity index (χ0v) is 9.11. The van der Waals surface area contributed by atoms with E-state index in [1.807, 2.05) is 0 Å². The lowest BCUT2D eigenvalue weighted by Crippen LogP contribution is -1.90. The molecule has 0 aliphatic heterocycles. The monoisotopic (exact) mass is 188 g/mol. The Morgan fingerprint density at radius 3 is 2.50 bits per heavy atom. The van der Waals surface area contributed by atoms with E-state index in [0.717, 1.165) is 6.42 Å². The van der Waals surface area contributed by atoms with Crippen LogP contribution in [0, 0.1) is 0 Å². The predicted octanol–water partition coefficient (Wildman–Crippen LogP) is 4.53. The van der Waals surface area contributed by atoms with Crippen molar-refractivity contribution < 1.29 is 0 Å². The number of hydrogen-bond donors (Lipinski definition) is 0. The average Bonchev–Trinajstić information content (AvgIpc) is 2.05. The SMILES string of the molecule is CCCCC/C=C/C(Cl)CCC. The van der Waals surface area contributed by atoms with Gasteiger partial charge < -0.3 is 0 Å². The molecule has 0 spiro atoms. The molecule has 0 bridgehead atoms. The molecule has 0 aromatic rings. The van der Waals surface area contributed by atoms with Crippen molar-refractivity contribution >= 4 is 11.6 Å². The van der Waals surface area contributed by atoms with Gasteiger partial charge in [-0.3, -0.25) is 0 Å². The van der Waals surface area contributed by atoms with Gasteiger partial charge in [-0.05, 0) is 19.3 Å². The zero-order chi connectivity index (χ0) is 9.23. The van der Waals surface area contributed by atoms with E-state index in [4.69, 9.17) is 11.6 Å². The van der Waals surface area contributed by atoms with E-state index in [1.54, 1.807) is 0 Å². The maximum Gasteiger partial charge on any atom is 0.0515 e. The fourth-order valence-corrected chi connectivity index (χ4v) is 1.45. The largest absolute Gasteiger partial charge is 0.118 e. The van der Waals surface area contributed by atoms with E-state index < -0.39 is 0 Å². The van der Waals surface area contributed by atoms with Gasteiger partial charge in [-0.1, -0.05) is 45.3 Å². The molecule has 0 rings (SSSR count). The highest BCUT2D eigenvalue weighted by Gasteiger charge is 1.94. The van der Waals surface area contributed by atoms with Crippen LogP contribution in [0.5, 0.6) is 0 Å². The fraction of sp³-hybridized carbons (Fsp3) is 0.818. The van der Waals surface area contributed by atoms with Crippen molar-refractivity contribution in [3.8, 4) is 0 Å². The van der Waals surface area contributed by atoms with Crippen molar-refractivity contribution in [3.63, 3.8) is 0 Å². The van der Waals surface area contributed by atoms with Crippen molar-refractivity contribution in [2.24, 2.45) is 0 Å². The first kappa shape index (κ1) is 12.0. The lowest BCUT2D eigenvalue weighted by atomic mass is 10.1. The number of halogens is 1. The summed E-state index contributed by atoms with van der Waals surface area (Å²) in [5.41, 5.74) is 0. The minimum absolute atomic E-state index is 0.261. The number of allylic oxidation sites excluding steroid dienone is 2. The third-order valence-corrected chi connectivity index (χ3v) is 2.25. The Kier molecular flexibility index (Phi) is 9.14. The average molecular weight is 189 g/mol. The highest BCUT2D eigenvalue weighted by Crippen LogP contribution is 2.08. The fourth-order valence-electron chi connectivity index (χ4n) is 1.13. The summed E-state index contributed by atoms with van der Waals surface area (Å²) >= 11 is 6.01. The van der Waals surface area contributed by atoms with Gasteiger partial charge in [0, 0.05) is 0 Å². The van der Waals surface area contributed by atoms with E-state index >= 15 is 0 Å². The van der Waals surface area contributed by atoms with Crippen LogP contribution in [0.1, 0.15) is 52.4 Å². The van der Waals surface area contributed by atoms with Crippen molar-refractivity contribution in [1.82, 2.24) is 0 Å². The Bertz CT molecular complexity index is 108. The summed E-state index contributed by atoms with van der Waals surface area (Å²) in [6.45, 7) is 4.39. The first-order valence-corrected chi connectivity index (χ1v) is 5.55. The zero-order valence-electron chi connectivity index (χ0n) is 8.35. The Morgan fingerprint density at radius 2 is 1.92 bits per heavy atom. The second-order valence-electron chi connectivity index (χ2n) is 3.23. The van der Waals surface area contributed by atoms with Crippen LogP contribution >= 0.6 is 11.6 Å². The first-order chi connectivity index (χ1) is 5.81. The normalized spacial score (nSPS) is 13.9. The van der Waals surface area contributed by atoms with E-state index in [-0.39, 0.29) is 5.38 Å². The van der Waals surface area contributed by atoms with Gasteiger partial charge in [-0.25, -0.2) is 0 Å². The molecule has 0 N–H and O–H groups in total. The molecule has 1 atom stereocenters. The standard InChI is InChI=1S/C11H21Cl/c1-3-5-6-7-8-10-11(12)9-4-2/h8,10-11H,3-7,9H2,1-2H3/b10-8+. The molecule has 12 heavy (non-hydrogen) atoms. The van der Waals surface area contributed by atoms with Crippen molar-refractivity contribution in [2.75, 3.05) is 0 Å². The minimum atomic E-state index is 0.261. The summed E-state index contributed by atoms with van der Waals surface area (Å²) in [5.74, 6) is 0. The van der Waals surface area contributed by atoms with Crippen LogP contribution in [-0.2, 0) is 0 Å². The van der Waals surface area contributed by atoms with E-state index in [2.05, 4.69) is 26.0 Å². The molecule has 0 heterocycles. The molecule has 0 amide bonds. The Labute approximate surface area is 82.0 Å². The molecule has 0 radical (unpaired) electrons. The molecule has 1 heteroatoms. The quantitative estimate of drug-likeness (QED) is 0.313. The molecule has 0 fully saturated rings. The molecular weight excluding hydrogens is 168 g/mol. The second-order valence-corrected chi connectivity index (χ2v) is 3.79. The third-order valence-electron chi connectivity index (χ3n) is 1.88. The Balaban J connectivity index is 3.22. The summed E-state index contributed by atoms with van der Waals surface area (Å²) < 4.78 is 0. The maximum atomic E-state index is 6.01. The van der Waals surface area contributed by atoms with Gasteiger partial charge in [0.05, 0.1) is 5.38 Å². The van der Waals surface area contributed by atoms with E-state index in [1.165, 1.54) is 32.1 Å². The number of unbranched alkanes of at least 4 members (excludes halogenated alkanes) is 3. The van der Waals surface area contributed by atoms with Gasteiger partial charge in [0.25, 0.3) is 0 Å². The summed E-state index contributed by atoms with van der Waals surface area (Å²) in [7, 11) is 0. The minimum Gasteiger partial charge on any atom is -0.118 e. The molecule has 0 nitrogen and oxygen atoms in total. The smallest absolute Gasteiger partial charge is 0.0515 e. The van der Waals surface area contributed by atoms with Crippen LogP contribution in [0.3, 0.4) is 0 Å². The second kappa shape index (κ2) is 9.12. The predicted molar refractivity (Wildman–Crippen MR) is 57.8 cm³/mol. The molecule has 0 aromatic heterocycles. The van der Waals surface area contributed by atoms with Crippen LogP contribution in [0.15, 0.2) is 12.2 Å². The number of hydrogen-bond acceptors (Lipinski definition) is 0. The molecule has 1 unspecified atom stereocenters. The van der Waals surface area contributed by atoms with Gasteiger partial charge in [-0.2, -0.15) is 0 Å². The first-order valence-electron chi connectivity index (χ1n) is 5.12. The summed E-state index contributed by atoms with van der Waals surface area (Å²) in [6, 6.07) is 0. The molecule has 0 saturated carbocycles. The van der Waals surface area contributed by atoms with Crippen LogP contribution in [0.25, 0.3) is 0 Å². The van der Waals surface area contributed by atoms with Gasteiger partial charge in [0.15, 0.2) is 0 Å². The molecular formula is C11H21Cl. The Hall–Kier alpha value is 0.0300. The highest BCUT2D eigenvalue weighted by atomic mass is 35.5. The molecule has 0 saturated heterocycles. The van der Waals surface area contributed by atoms with Gasteiger partial charge in [0.1, 0.15) is 0 Å². The van der Waals surface area contributed by atoms with Crippen LogP contribution in [-0.4, -0.2) is 5.38 Å². The lowest BCUT2D eigenvalue weighted by molar-refractivity contribution is 0.726. The van der Waals surface area contributed by atoms with E-state index in [9.17, 15) is 0 Å². The molecule has 0 aliphatic carbocycles. The number of rotatable bonds is 7. The molecule has 72 valence electrons. The van der Waals surface area contributed by atoms with Crippen LogP contribution in [0.4, 0.5) is 0 Å². The van der Waals surface area contributed by atoms with Crippen molar-refractivity contribution in [1.29, 1.82) is 0 Å². The van der Waals surface area contributed by atoms with Gasteiger partial charge >= 0.3 is 0 Å². The Morgan fingerprint density at radius 1 is 1.17 bits per heavy atom. The lowest BCUT2D eigenvalue weighted by Gasteiger charge is -1.99. The number of alkyl halides is 1. The highest BCUT2D eigenvalue weighted by molar-refractivity contribution is 6.21. The summed E-state index contributed by atoms with van der Waals surface area (Å²) in [5, 5.41) is 0.261. The molecule has 0 aliphatic rings. The summed E-state index contributed by atoms with van der Waals surface area (Å²) in [6.07, 6.45) is 11.8. The van der Waals surface area contributed by atoms with E-state index in [0.29, 0.717) is 0 Å². The summed E-state index contributed by atoms with van der Waals surface area (Å²) in [4.78, 5) is 0. The van der Waals surface area contributed by atoms with Crippen LogP contribution < -0.4 is 0 Å². The third kappa shape index (κ3) is 8.13. The van der Waals surface area contributed by atoms with Crippen molar-refractivity contribution in [3.05, 3.63) is 12.2 Å². The molecule has 0 aromatic carbocycles. The topological polar surface area (TPSA) is 0 Å². The van der Waals surface area contributed by atoms with Gasteiger partial charge in [-0.15, -0.1) is 11.6 Å². The maximum absolute atomic E-state index is 6.01. The van der Waals surface area contributed by atoms with Crippen molar-refractivity contribution in [2.45, 2.75) is 57.7 Å². The van der Waals surface area contributed by atoms with Crippen LogP contribution in [0.2, 0.25) is 0 Å². The van der Waals surface area contributed by atoms with Gasteiger partial charge in [0.2, 0.25) is 0 Å².